The fourth-order valence-corrected chi connectivity index (χ4v) is 1.54. The summed E-state index contributed by atoms with van der Waals surface area (Å²) in [7, 11) is 3.38. The molecule has 0 fully saturated rings. The summed E-state index contributed by atoms with van der Waals surface area (Å²) in [5.41, 5.74) is 6.76. The second-order valence-electron chi connectivity index (χ2n) is 4.12. The first-order valence-corrected chi connectivity index (χ1v) is 5.72. The highest BCUT2D eigenvalue weighted by molar-refractivity contribution is 6.33. The molecule has 94 valence electrons. The van der Waals surface area contributed by atoms with Gasteiger partial charge in [-0.1, -0.05) is 17.7 Å². The van der Waals surface area contributed by atoms with Gasteiger partial charge >= 0.3 is 0 Å². The van der Waals surface area contributed by atoms with Gasteiger partial charge in [0.25, 0.3) is 0 Å². The zero-order valence-electron chi connectivity index (χ0n) is 9.98. The Morgan fingerprint density at radius 1 is 1.53 bits per heavy atom. The highest BCUT2D eigenvalue weighted by atomic mass is 35.5. The van der Waals surface area contributed by atoms with Crippen molar-refractivity contribution in [2.24, 2.45) is 0 Å². The lowest BCUT2D eigenvalue weighted by Gasteiger charge is -2.14. The lowest BCUT2D eigenvalue weighted by atomic mass is 10.0. The van der Waals surface area contributed by atoms with Gasteiger partial charge in [0.05, 0.1) is 16.8 Å². The normalized spacial score (nSPS) is 12.2. The number of benzene rings is 1. The van der Waals surface area contributed by atoms with Gasteiger partial charge in [0.2, 0.25) is 5.91 Å². The van der Waals surface area contributed by atoms with Gasteiger partial charge in [0.1, 0.15) is 0 Å². The van der Waals surface area contributed by atoms with Gasteiger partial charge in [-0.25, -0.2) is 0 Å². The van der Waals surface area contributed by atoms with E-state index in [0.717, 1.165) is 0 Å². The van der Waals surface area contributed by atoms with Crippen LogP contribution in [0.15, 0.2) is 18.2 Å². The maximum Gasteiger partial charge on any atom is 0.222 e. The van der Waals surface area contributed by atoms with Crippen molar-refractivity contribution < 1.29 is 9.90 Å². The van der Waals surface area contributed by atoms with Gasteiger partial charge in [-0.2, -0.15) is 0 Å². The number of nitrogens with zero attached hydrogens (tertiary/aromatic N) is 1. The predicted molar refractivity (Wildman–Crippen MR) is 68.8 cm³/mol. The highest BCUT2D eigenvalue weighted by Crippen LogP contribution is 2.25. The molecule has 1 aromatic carbocycles. The maximum absolute atomic E-state index is 11.4. The van der Waals surface area contributed by atoms with E-state index in [-0.39, 0.29) is 5.91 Å². The smallest absolute Gasteiger partial charge is 0.222 e. The molecule has 3 N–H and O–H groups in total. The number of carbonyl (C=O) groups excluding carboxylic acids is 1. The van der Waals surface area contributed by atoms with Crippen LogP contribution in [-0.2, 0) is 4.79 Å². The summed E-state index contributed by atoms with van der Waals surface area (Å²) in [4.78, 5) is 12.9. The molecule has 0 radical (unpaired) electrons. The van der Waals surface area contributed by atoms with Crippen LogP contribution in [0.4, 0.5) is 5.69 Å². The fraction of sp³-hybridized carbons (Fsp3) is 0.417. The third-order valence-electron chi connectivity index (χ3n) is 2.54. The van der Waals surface area contributed by atoms with Crippen LogP contribution in [0.1, 0.15) is 24.5 Å². The number of aliphatic hydroxyl groups excluding tert-OH is 1. The van der Waals surface area contributed by atoms with E-state index in [1.807, 2.05) is 0 Å². The topological polar surface area (TPSA) is 66.6 Å². The molecule has 0 saturated heterocycles. The van der Waals surface area contributed by atoms with E-state index in [4.69, 9.17) is 17.3 Å². The van der Waals surface area contributed by atoms with E-state index in [1.54, 1.807) is 32.3 Å². The summed E-state index contributed by atoms with van der Waals surface area (Å²) in [5, 5.41) is 10.4. The number of hydrogen-bond acceptors (Lipinski definition) is 3. The summed E-state index contributed by atoms with van der Waals surface area (Å²) in [6.45, 7) is 0. The third kappa shape index (κ3) is 3.91. The molecule has 1 rings (SSSR count). The number of carbonyl (C=O) groups is 1. The molecule has 1 unspecified atom stereocenters. The largest absolute Gasteiger partial charge is 0.398 e. The zero-order chi connectivity index (χ0) is 13.0. The van der Waals surface area contributed by atoms with Crippen LogP contribution in [0.5, 0.6) is 0 Å². The molecule has 0 bridgehead atoms. The van der Waals surface area contributed by atoms with Crippen molar-refractivity contribution in [2.45, 2.75) is 18.9 Å². The van der Waals surface area contributed by atoms with Crippen molar-refractivity contribution in [3.63, 3.8) is 0 Å². The van der Waals surface area contributed by atoms with Crippen molar-refractivity contribution in [3.8, 4) is 0 Å². The van der Waals surface area contributed by atoms with Crippen LogP contribution >= 0.6 is 11.6 Å². The van der Waals surface area contributed by atoms with Gasteiger partial charge < -0.3 is 15.7 Å². The van der Waals surface area contributed by atoms with E-state index >= 15 is 0 Å². The van der Waals surface area contributed by atoms with Gasteiger partial charge in [-0.3, -0.25) is 4.79 Å². The minimum atomic E-state index is -0.696. The Bertz CT molecular complexity index is 407. The predicted octanol–water partition coefficient (Wildman–Crippen LogP) is 1.82. The lowest BCUT2D eigenvalue weighted by Crippen LogP contribution is -2.21. The Morgan fingerprint density at radius 3 is 2.71 bits per heavy atom. The summed E-state index contributed by atoms with van der Waals surface area (Å²) in [5.74, 6) is -0.00835. The van der Waals surface area contributed by atoms with Crippen molar-refractivity contribution >= 4 is 23.2 Å². The van der Waals surface area contributed by atoms with Crippen LogP contribution in [-0.4, -0.2) is 30.0 Å². The van der Waals surface area contributed by atoms with Crippen molar-refractivity contribution in [2.75, 3.05) is 19.8 Å². The van der Waals surface area contributed by atoms with Gasteiger partial charge in [0, 0.05) is 20.5 Å². The molecular formula is C12H17ClN2O2. The second-order valence-corrected chi connectivity index (χ2v) is 4.53. The van der Waals surface area contributed by atoms with E-state index in [1.165, 1.54) is 4.90 Å². The van der Waals surface area contributed by atoms with Crippen molar-refractivity contribution in [1.82, 2.24) is 4.90 Å². The van der Waals surface area contributed by atoms with Crippen molar-refractivity contribution in [1.29, 1.82) is 0 Å². The third-order valence-corrected chi connectivity index (χ3v) is 2.88. The van der Waals surface area contributed by atoms with Crippen LogP contribution in [0.3, 0.4) is 0 Å². The van der Waals surface area contributed by atoms with Crippen LogP contribution in [0, 0.1) is 0 Å². The molecule has 5 heteroatoms. The maximum atomic E-state index is 11.4. The lowest BCUT2D eigenvalue weighted by molar-refractivity contribution is -0.129. The van der Waals surface area contributed by atoms with E-state index < -0.39 is 6.10 Å². The summed E-state index contributed by atoms with van der Waals surface area (Å²) in [6, 6.07) is 4.99. The minimum Gasteiger partial charge on any atom is -0.398 e. The molecule has 0 aromatic heterocycles. The molecule has 1 aromatic rings. The molecule has 0 heterocycles. The second kappa shape index (κ2) is 5.89. The fourth-order valence-electron chi connectivity index (χ4n) is 1.42. The average Bonchev–Trinajstić information content (AvgIpc) is 2.28. The first-order chi connectivity index (χ1) is 7.91. The highest BCUT2D eigenvalue weighted by Gasteiger charge is 2.12. The average molecular weight is 257 g/mol. The first kappa shape index (κ1) is 13.8. The Balaban J connectivity index is 2.61. The summed E-state index contributed by atoms with van der Waals surface area (Å²) >= 11 is 5.79. The number of nitrogen functional groups attached to an aromatic ring is 1. The summed E-state index contributed by atoms with van der Waals surface area (Å²) < 4.78 is 0. The molecular weight excluding hydrogens is 240 g/mol. The Kier molecular flexibility index (Phi) is 4.78. The molecule has 4 nitrogen and oxygen atoms in total. The number of halogens is 1. The molecule has 0 aliphatic rings. The SMILES string of the molecule is CN(C)C(=O)CCC(O)c1ccc(Cl)c(N)c1. The number of nitrogens with two attached hydrogens (primary N) is 1. The molecule has 0 aliphatic carbocycles. The van der Waals surface area contributed by atoms with Gasteiger partial charge in [-0.15, -0.1) is 0 Å². The molecule has 0 saturated carbocycles. The minimum absolute atomic E-state index is 0.00835. The van der Waals surface area contributed by atoms with Crippen LogP contribution < -0.4 is 5.73 Å². The molecule has 1 atom stereocenters. The van der Waals surface area contributed by atoms with Crippen LogP contribution in [0.25, 0.3) is 0 Å². The molecule has 0 aliphatic heterocycles. The number of amides is 1. The molecule has 0 spiro atoms. The molecule has 1 amide bonds. The van der Waals surface area contributed by atoms with Gasteiger partial charge in [0.15, 0.2) is 0 Å². The van der Waals surface area contributed by atoms with Gasteiger partial charge in [-0.05, 0) is 24.1 Å². The van der Waals surface area contributed by atoms with E-state index in [0.29, 0.717) is 29.1 Å². The van der Waals surface area contributed by atoms with Crippen molar-refractivity contribution in [3.05, 3.63) is 28.8 Å². The Hall–Kier alpha value is -1.26. The standard InChI is InChI=1S/C12H17ClN2O2/c1-15(2)12(17)6-5-11(16)8-3-4-9(13)10(14)7-8/h3-4,7,11,16H,5-6,14H2,1-2H3. The summed E-state index contributed by atoms with van der Waals surface area (Å²) in [6.07, 6.45) is -0.0205. The quantitative estimate of drug-likeness (QED) is 0.808. The van der Waals surface area contributed by atoms with E-state index in [9.17, 15) is 9.90 Å². The first-order valence-electron chi connectivity index (χ1n) is 5.35. The Morgan fingerprint density at radius 2 is 2.18 bits per heavy atom. The number of hydrogen-bond donors (Lipinski definition) is 2. The molecule has 17 heavy (non-hydrogen) atoms. The Labute approximate surface area is 106 Å². The van der Waals surface area contributed by atoms with Crippen LogP contribution in [0.2, 0.25) is 5.02 Å². The number of aliphatic hydroxyl groups is 1. The monoisotopic (exact) mass is 256 g/mol. The number of anilines is 1. The number of rotatable bonds is 4. The zero-order valence-corrected chi connectivity index (χ0v) is 10.7. The van der Waals surface area contributed by atoms with E-state index in [2.05, 4.69) is 0 Å².